The van der Waals surface area contributed by atoms with Crippen LogP contribution in [-0.2, 0) is 6.54 Å². The van der Waals surface area contributed by atoms with E-state index in [2.05, 4.69) is 6.92 Å². The van der Waals surface area contributed by atoms with Crippen molar-refractivity contribution >= 4 is 16.9 Å². The highest BCUT2D eigenvalue weighted by Gasteiger charge is 2.43. The van der Waals surface area contributed by atoms with E-state index in [9.17, 15) is 14.0 Å². The van der Waals surface area contributed by atoms with Crippen LogP contribution in [0, 0.1) is 5.82 Å². The van der Waals surface area contributed by atoms with Crippen LogP contribution in [0.5, 0.6) is 17.2 Å². The van der Waals surface area contributed by atoms with Crippen molar-refractivity contribution in [1.82, 2.24) is 4.90 Å². The molecule has 2 aliphatic rings. The Bertz CT molecular complexity index is 1580. The van der Waals surface area contributed by atoms with Crippen LogP contribution in [0.1, 0.15) is 53.1 Å². The molecule has 0 fully saturated rings. The van der Waals surface area contributed by atoms with Gasteiger partial charge in [0.25, 0.3) is 5.91 Å². The number of benzene rings is 3. The van der Waals surface area contributed by atoms with E-state index < -0.39 is 23.2 Å². The Morgan fingerprint density at radius 3 is 2.76 bits per heavy atom. The summed E-state index contributed by atoms with van der Waals surface area (Å²) in [7, 11) is 0. The first-order chi connectivity index (χ1) is 18.0. The Labute approximate surface area is 212 Å². The normalized spacial score (nSPS) is 15.9. The van der Waals surface area contributed by atoms with E-state index in [4.69, 9.17) is 18.6 Å². The lowest BCUT2D eigenvalue weighted by Crippen LogP contribution is -2.29. The Kier molecular flexibility index (Phi) is 5.79. The van der Waals surface area contributed by atoms with Gasteiger partial charge in [-0.25, -0.2) is 4.39 Å². The van der Waals surface area contributed by atoms with Crippen molar-refractivity contribution in [3.05, 3.63) is 99.2 Å². The van der Waals surface area contributed by atoms with Gasteiger partial charge in [-0.1, -0.05) is 31.5 Å². The van der Waals surface area contributed by atoms with Gasteiger partial charge in [0.2, 0.25) is 12.6 Å². The van der Waals surface area contributed by atoms with Crippen molar-refractivity contribution in [3.63, 3.8) is 0 Å². The first-order valence-electron chi connectivity index (χ1n) is 12.2. The zero-order valence-corrected chi connectivity index (χ0v) is 20.2. The second-order valence-corrected chi connectivity index (χ2v) is 9.11. The van der Waals surface area contributed by atoms with Crippen molar-refractivity contribution in [1.29, 1.82) is 0 Å². The van der Waals surface area contributed by atoms with Crippen LogP contribution < -0.4 is 19.6 Å². The van der Waals surface area contributed by atoms with Crippen LogP contribution in [0.25, 0.3) is 11.0 Å². The summed E-state index contributed by atoms with van der Waals surface area (Å²) >= 11 is 0. The Morgan fingerprint density at radius 2 is 1.89 bits per heavy atom. The van der Waals surface area contributed by atoms with Crippen LogP contribution in [0.15, 0.2) is 69.9 Å². The van der Waals surface area contributed by atoms with Gasteiger partial charge < -0.3 is 23.5 Å². The van der Waals surface area contributed by atoms with Gasteiger partial charge in [0.15, 0.2) is 16.9 Å². The maximum absolute atomic E-state index is 14.0. The molecule has 1 atom stereocenters. The smallest absolute Gasteiger partial charge is 0.291 e. The third-order valence-electron chi connectivity index (χ3n) is 6.66. The molecule has 7 nitrogen and oxygen atoms in total. The van der Waals surface area contributed by atoms with Crippen molar-refractivity contribution in [2.24, 2.45) is 0 Å². The molecule has 2 aliphatic heterocycles. The summed E-state index contributed by atoms with van der Waals surface area (Å²) in [5.74, 6) is 0.874. The highest BCUT2D eigenvalue weighted by Crippen LogP contribution is 2.41. The molecule has 4 aromatic rings. The number of ether oxygens (including phenoxy) is 3. The molecule has 0 unspecified atom stereocenters. The Balaban J connectivity index is 1.47. The summed E-state index contributed by atoms with van der Waals surface area (Å²) in [6.07, 6.45) is 1.91. The minimum atomic E-state index is -0.744. The molecular formula is C29H24FNO6. The SMILES string of the molecule is CCCCOc1cccc([C@H]2c3c(oc4ccc(F)cc4c3=O)C(=O)N2Cc2ccc3c(c2)OCO3)c1. The lowest BCUT2D eigenvalue weighted by molar-refractivity contribution is 0.0714. The molecule has 0 saturated heterocycles. The van der Waals surface area contributed by atoms with Gasteiger partial charge in [0, 0.05) is 6.54 Å². The fourth-order valence-electron chi connectivity index (χ4n) is 4.85. The average molecular weight is 502 g/mol. The number of hydrogen-bond acceptors (Lipinski definition) is 6. The predicted molar refractivity (Wildman–Crippen MR) is 134 cm³/mol. The van der Waals surface area contributed by atoms with Crippen LogP contribution in [0.2, 0.25) is 0 Å². The molecule has 188 valence electrons. The summed E-state index contributed by atoms with van der Waals surface area (Å²) in [5.41, 5.74) is 1.42. The molecule has 37 heavy (non-hydrogen) atoms. The number of amides is 1. The first kappa shape index (κ1) is 23.1. The van der Waals surface area contributed by atoms with Crippen LogP contribution in [-0.4, -0.2) is 24.2 Å². The van der Waals surface area contributed by atoms with Gasteiger partial charge in [-0.05, 0) is 60.0 Å². The van der Waals surface area contributed by atoms with Crippen LogP contribution >= 0.6 is 0 Å². The molecule has 0 radical (unpaired) electrons. The van der Waals surface area contributed by atoms with Crippen molar-refractivity contribution < 1.29 is 27.8 Å². The Hall–Kier alpha value is -4.33. The largest absolute Gasteiger partial charge is 0.494 e. The van der Waals surface area contributed by atoms with Gasteiger partial charge >= 0.3 is 0 Å². The highest BCUT2D eigenvalue weighted by atomic mass is 19.1. The van der Waals surface area contributed by atoms with Gasteiger partial charge in [-0.15, -0.1) is 0 Å². The Morgan fingerprint density at radius 1 is 1.03 bits per heavy atom. The molecule has 8 heteroatoms. The average Bonchev–Trinajstić information content (AvgIpc) is 3.48. The lowest BCUT2D eigenvalue weighted by Gasteiger charge is -2.25. The second kappa shape index (κ2) is 9.28. The number of nitrogens with zero attached hydrogens (tertiary/aromatic N) is 1. The van der Waals surface area contributed by atoms with E-state index in [0.29, 0.717) is 29.4 Å². The number of hydrogen-bond donors (Lipinski definition) is 0. The van der Waals surface area contributed by atoms with E-state index in [0.717, 1.165) is 24.5 Å². The van der Waals surface area contributed by atoms with Crippen molar-refractivity contribution in [2.45, 2.75) is 32.4 Å². The third kappa shape index (κ3) is 4.08. The molecule has 1 aromatic heterocycles. The molecule has 1 amide bonds. The molecule has 0 spiro atoms. The number of carbonyl (C=O) groups excluding carboxylic acids is 1. The van der Waals surface area contributed by atoms with E-state index >= 15 is 0 Å². The number of halogens is 1. The van der Waals surface area contributed by atoms with Crippen LogP contribution in [0.3, 0.4) is 0 Å². The third-order valence-corrected chi connectivity index (χ3v) is 6.66. The lowest BCUT2D eigenvalue weighted by atomic mass is 9.98. The fourth-order valence-corrected chi connectivity index (χ4v) is 4.85. The molecule has 6 rings (SSSR count). The summed E-state index contributed by atoms with van der Waals surface area (Å²) in [6.45, 7) is 2.98. The van der Waals surface area contributed by atoms with Gasteiger partial charge in [-0.2, -0.15) is 0 Å². The molecule has 0 N–H and O–H groups in total. The molecule has 3 aromatic carbocycles. The zero-order valence-electron chi connectivity index (χ0n) is 20.2. The van der Waals surface area contributed by atoms with Gasteiger partial charge in [0.05, 0.1) is 23.6 Å². The van der Waals surface area contributed by atoms with E-state index in [-0.39, 0.29) is 35.6 Å². The molecule has 0 bridgehead atoms. The molecular weight excluding hydrogens is 477 g/mol. The topological polar surface area (TPSA) is 78.2 Å². The summed E-state index contributed by atoms with van der Waals surface area (Å²) in [6, 6.07) is 15.8. The second-order valence-electron chi connectivity index (χ2n) is 9.11. The van der Waals surface area contributed by atoms with Crippen molar-refractivity contribution in [3.8, 4) is 17.2 Å². The summed E-state index contributed by atoms with van der Waals surface area (Å²) in [4.78, 5) is 29.0. The van der Waals surface area contributed by atoms with E-state index in [1.54, 1.807) is 11.0 Å². The molecule has 0 aliphatic carbocycles. The van der Waals surface area contributed by atoms with Gasteiger partial charge in [0.1, 0.15) is 17.1 Å². The van der Waals surface area contributed by atoms with Gasteiger partial charge in [-0.3, -0.25) is 9.59 Å². The van der Waals surface area contributed by atoms with E-state index in [1.807, 2.05) is 36.4 Å². The summed E-state index contributed by atoms with van der Waals surface area (Å²) < 4.78 is 36.8. The molecule has 0 saturated carbocycles. The maximum Gasteiger partial charge on any atom is 0.291 e. The minimum Gasteiger partial charge on any atom is -0.494 e. The zero-order chi connectivity index (χ0) is 25.5. The number of rotatable bonds is 7. The number of fused-ring (bicyclic) bond motifs is 3. The summed E-state index contributed by atoms with van der Waals surface area (Å²) in [5, 5.41) is 0.0943. The monoisotopic (exact) mass is 501 g/mol. The minimum absolute atomic E-state index is 0.0350. The maximum atomic E-state index is 14.0. The first-order valence-corrected chi connectivity index (χ1v) is 12.2. The predicted octanol–water partition coefficient (Wildman–Crippen LogP) is 5.59. The molecule has 3 heterocycles. The highest BCUT2D eigenvalue weighted by molar-refractivity contribution is 5.99. The number of unbranched alkanes of at least 4 members (excludes halogenated alkanes) is 1. The fraction of sp³-hybridized carbons (Fsp3) is 0.241. The van der Waals surface area contributed by atoms with E-state index in [1.165, 1.54) is 12.1 Å². The van der Waals surface area contributed by atoms with Crippen LogP contribution in [0.4, 0.5) is 4.39 Å². The standard InChI is InChI=1S/C29H24FNO6/c1-2-3-11-34-20-6-4-5-18(13-20)26-25-27(32)21-14-19(30)8-10-22(21)37-28(25)29(33)31(26)15-17-7-9-23-24(12-17)36-16-35-23/h4-10,12-14,26H,2-3,11,15-16H2,1H3/t26-/m0/s1. The number of carbonyl (C=O) groups is 1. The van der Waals surface area contributed by atoms with Crippen molar-refractivity contribution in [2.75, 3.05) is 13.4 Å². The quantitative estimate of drug-likeness (QED) is 0.308.